The Kier molecular flexibility index (Phi) is 51.1. The molecule has 20 heavy (non-hydrogen) atoms. The first-order valence-electron chi connectivity index (χ1n) is 8.47. The lowest BCUT2D eigenvalue weighted by atomic mass is 10.2. The maximum absolute atomic E-state index is 8.07. The van der Waals surface area contributed by atoms with Crippen LogP contribution in [0.15, 0.2) is 0 Å². The van der Waals surface area contributed by atoms with Crippen molar-refractivity contribution in [2.24, 2.45) is 0 Å². The van der Waals surface area contributed by atoms with E-state index in [0.717, 1.165) is 25.9 Å². The van der Waals surface area contributed by atoms with Gasteiger partial charge in [-0.15, -0.1) is 0 Å². The Morgan fingerprint density at radius 2 is 1.05 bits per heavy atom. The van der Waals surface area contributed by atoms with Crippen LogP contribution in [0.3, 0.4) is 0 Å². The van der Waals surface area contributed by atoms with Gasteiger partial charge in [-0.05, 0) is 33.4 Å². The summed E-state index contributed by atoms with van der Waals surface area (Å²) < 4.78 is 0. The molecular weight excluding hydrogens is 250 g/mol. The minimum absolute atomic E-state index is 0.167. The van der Waals surface area contributed by atoms with E-state index in [1.54, 1.807) is 13.8 Å². The third-order valence-electron chi connectivity index (χ3n) is 1.97. The van der Waals surface area contributed by atoms with Crippen molar-refractivity contribution in [3.05, 3.63) is 0 Å². The first-order valence-corrected chi connectivity index (χ1v) is 8.47. The van der Waals surface area contributed by atoms with E-state index in [-0.39, 0.29) is 6.10 Å². The first-order chi connectivity index (χ1) is 9.47. The van der Waals surface area contributed by atoms with Crippen molar-refractivity contribution in [2.45, 2.75) is 93.1 Å². The van der Waals surface area contributed by atoms with Gasteiger partial charge in [0.05, 0.1) is 0 Å². The van der Waals surface area contributed by atoms with Crippen LogP contribution in [0.25, 0.3) is 0 Å². The monoisotopic (exact) mass is 293 g/mol. The molecule has 128 valence electrons. The van der Waals surface area contributed by atoms with Gasteiger partial charge in [-0.2, -0.15) is 0 Å². The summed E-state index contributed by atoms with van der Waals surface area (Å²) in [5, 5.41) is 19.2. The van der Waals surface area contributed by atoms with Gasteiger partial charge in [0.25, 0.3) is 0 Å². The Balaban J connectivity index is -0.0000000862. The van der Waals surface area contributed by atoms with Crippen LogP contribution in [0.5, 0.6) is 0 Å². The number of hydrogen-bond donors (Lipinski definition) is 3. The van der Waals surface area contributed by atoms with E-state index in [1.165, 1.54) is 25.7 Å². The standard InChI is InChI=1S/C6H14.C4H11N.C4H10O.C3H8O/c1-3-5-6-4-2;1-3-5-4-2;1-2-3-4-5;1-3(2)4/h3-6H2,1-2H3;5H,3-4H2,1-2H3;5H,2-4H2,1H3;3-4H,1-2H3. The second-order valence-electron chi connectivity index (χ2n) is 4.84. The quantitative estimate of drug-likeness (QED) is 0.611. The Bertz CT molecular complexity index is 92.4. The molecule has 3 N–H and O–H groups in total. The zero-order chi connectivity index (χ0) is 16.6. The fourth-order valence-electron chi connectivity index (χ4n) is 0.908. The molecule has 0 aliphatic carbocycles. The molecule has 3 nitrogen and oxygen atoms in total. The van der Waals surface area contributed by atoms with Crippen LogP contribution in [0.1, 0.15) is 87.0 Å². The highest BCUT2D eigenvalue weighted by molar-refractivity contribution is 4.31. The van der Waals surface area contributed by atoms with Crippen LogP contribution in [-0.4, -0.2) is 36.0 Å². The third-order valence-corrected chi connectivity index (χ3v) is 1.97. The molecule has 0 saturated heterocycles. The Hall–Kier alpha value is -0.120. The van der Waals surface area contributed by atoms with Crippen molar-refractivity contribution >= 4 is 0 Å². The highest BCUT2D eigenvalue weighted by atomic mass is 16.3. The molecule has 0 aromatic rings. The van der Waals surface area contributed by atoms with Gasteiger partial charge in [-0.25, -0.2) is 0 Å². The minimum atomic E-state index is -0.167. The Morgan fingerprint density at radius 1 is 0.750 bits per heavy atom. The van der Waals surface area contributed by atoms with E-state index < -0.39 is 0 Å². The van der Waals surface area contributed by atoms with Crippen LogP contribution in [-0.2, 0) is 0 Å². The van der Waals surface area contributed by atoms with Gasteiger partial charge < -0.3 is 15.5 Å². The van der Waals surface area contributed by atoms with Crippen LogP contribution in [0.4, 0.5) is 0 Å². The number of nitrogens with one attached hydrogen (secondary N) is 1. The molecule has 0 rings (SSSR count). The summed E-state index contributed by atoms with van der Waals surface area (Å²) in [6.45, 7) is 16.7. The van der Waals surface area contributed by atoms with Gasteiger partial charge in [-0.1, -0.05) is 66.7 Å². The summed E-state index contributed by atoms with van der Waals surface area (Å²) in [5.41, 5.74) is 0. The molecule has 0 amide bonds. The average Bonchev–Trinajstić information content (AvgIpc) is 2.39. The summed E-state index contributed by atoms with van der Waals surface area (Å²) in [5.74, 6) is 0. The number of rotatable bonds is 7. The smallest absolute Gasteiger partial charge is 0.0483 e. The summed E-state index contributed by atoms with van der Waals surface area (Å²) in [6, 6.07) is 0. The normalized spacial score (nSPS) is 8.70. The second-order valence-corrected chi connectivity index (χ2v) is 4.84. The van der Waals surface area contributed by atoms with Crippen LogP contribution in [0.2, 0.25) is 0 Å². The molecule has 0 aromatic carbocycles. The lowest BCUT2D eigenvalue weighted by Crippen LogP contribution is -2.09. The van der Waals surface area contributed by atoms with Gasteiger partial charge in [0.15, 0.2) is 0 Å². The number of aliphatic hydroxyl groups is 2. The molecule has 3 heteroatoms. The summed E-state index contributed by atoms with van der Waals surface area (Å²) in [7, 11) is 0. The molecule has 0 aromatic heterocycles. The Morgan fingerprint density at radius 3 is 1.10 bits per heavy atom. The lowest BCUT2D eigenvalue weighted by molar-refractivity contribution is 0.216. The minimum Gasteiger partial charge on any atom is -0.396 e. The molecule has 0 aliphatic rings. The molecule has 0 saturated carbocycles. The van der Waals surface area contributed by atoms with E-state index >= 15 is 0 Å². The lowest BCUT2D eigenvalue weighted by Gasteiger charge is -1.86. The zero-order valence-electron chi connectivity index (χ0n) is 15.3. The number of unbranched alkanes of at least 4 members (excludes halogenated alkanes) is 4. The van der Waals surface area contributed by atoms with Gasteiger partial charge in [0.2, 0.25) is 0 Å². The van der Waals surface area contributed by atoms with Crippen LogP contribution >= 0.6 is 0 Å². The molecule has 0 atom stereocenters. The second kappa shape index (κ2) is 36.4. The average molecular weight is 294 g/mol. The van der Waals surface area contributed by atoms with Gasteiger partial charge in [0.1, 0.15) is 0 Å². The van der Waals surface area contributed by atoms with E-state index in [0.29, 0.717) is 6.61 Å². The fraction of sp³-hybridized carbons (Fsp3) is 1.00. The van der Waals surface area contributed by atoms with Crippen molar-refractivity contribution < 1.29 is 10.2 Å². The van der Waals surface area contributed by atoms with Crippen molar-refractivity contribution in [2.75, 3.05) is 19.7 Å². The molecule has 0 radical (unpaired) electrons. The maximum Gasteiger partial charge on any atom is 0.0483 e. The molecule has 0 fully saturated rings. The molecular formula is C17H43NO2. The van der Waals surface area contributed by atoms with Crippen LogP contribution < -0.4 is 5.32 Å². The predicted octanol–water partition coefficient (Wildman–Crippen LogP) is 4.37. The van der Waals surface area contributed by atoms with E-state index in [2.05, 4.69) is 39.9 Å². The topological polar surface area (TPSA) is 52.5 Å². The number of hydrogen-bond acceptors (Lipinski definition) is 3. The SMILES string of the molecule is CC(C)O.CCCCCC.CCCCO.CCNCC. The van der Waals surface area contributed by atoms with Gasteiger partial charge in [-0.3, -0.25) is 0 Å². The van der Waals surface area contributed by atoms with Gasteiger partial charge >= 0.3 is 0 Å². The fourth-order valence-corrected chi connectivity index (χ4v) is 0.908. The summed E-state index contributed by atoms with van der Waals surface area (Å²) in [4.78, 5) is 0. The summed E-state index contributed by atoms with van der Waals surface area (Å²) in [6.07, 6.45) is 7.41. The van der Waals surface area contributed by atoms with E-state index in [9.17, 15) is 0 Å². The third kappa shape index (κ3) is 108. The van der Waals surface area contributed by atoms with Crippen LogP contribution in [0, 0.1) is 0 Å². The van der Waals surface area contributed by atoms with Gasteiger partial charge in [0, 0.05) is 12.7 Å². The van der Waals surface area contributed by atoms with E-state index in [4.69, 9.17) is 10.2 Å². The van der Waals surface area contributed by atoms with Crippen molar-refractivity contribution in [3.63, 3.8) is 0 Å². The summed E-state index contributed by atoms with van der Waals surface area (Å²) >= 11 is 0. The highest BCUT2D eigenvalue weighted by Gasteiger charge is 1.75. The van der Waals surface area contributed by atoms with Crippen molar-refractivity contribution in [1.82, 2.24) is 5.32 Å². The van der Waals surface area contributed by atoms with Crippen molar-refractivity contribution in [3.8, 4) is 0 Å². The number of aliphatic hydroxyl groups excluding tert-OH is 2. The zero-order valence-corrected chi connectivity index (χ0v) is 15.3. The Labute approximate surface area is 129 Å². The molecule has 0 bridgehead atoms. The molecule has 0 aliphatic heterocycles. The highest BCUT2D eigenvalue weighted by Crippen LogP contribution is 1.95. The first kappa shape index (κ1) is 28.1. The van der Waals surface area contributed by atoms with E-state index in [1.807, 2.05) is 0 Å². The molecule has 0 spiro atoms. The predicted molar refractivity (Wildman–Crippen MR) is 93.4 cm³/mol. The maximum atomic E-state index is 8.07. The largest absolute Gasteiger partial charge is 0.396 e. The molecule has 0 heterocycles. The molecule has 0 unspecified atom stereocenters. The van der Waals surface area contributed by atoms with Crippen molar-refractivity contribution in [1.29, 1.82) is 0 Å².